The molecular formula is C13H23N3O4. The topological polar surface area (TPSA) is 122 Å². The summed E-state index contributed by atoms with van der Waals surface area (Å²) in [5.41, 5.74) is 4.97. The minimum Gasteiger partial charge on any atom is -0.480 e. The Bertz CT molecular complexity index is 373. The summed E-state index contributed by atoms with van der Waals surface area (Å²) in [6.07, 6.45) is 3.27. The number of aliphatic carboxylic acids is 1. The number of carbonyl (C=O) groups excluding carboxylic acids is 2. The summed E-state index contributed by atoms with van der Waals surface area (Å²) >= 11 is 0. The Morgan fingerprint density at radius 3 is 2.55 bits per heavy atom. The van der Waals surface area contributed by atoms with Gasteiger partial charge >= 0.3 is 12.0 Å². The second-order valence-electron chi connectivity index (χ2n) is 5.53. The van der Waals surface area contributed by atoms with E-state index in [1.807, 2.05) is 0 Å². The van der Waals surface area contributed by atoms with Crippen molar-refractivity contribution in [1.29, 1.82) is 0 Å². The Morgan fingerprint density at radius 2 is 2.05 bits per heavy atom. The summed E-state index contributed by atoms with van der Waals surface area (Å²) in [6.45, 7) is 2.74. The van der Waals surface area contributed by atoms with E-state index in [4.69, 9.17) is 10.8 Å². The van der Waals surface area contributed by atoms with Crippen LogP contribution in [0.25, 0.3) is 0 Å². The van der Waals surface area contributed by atoms with Crippen LogP contribution in [0.5, 0.6) is 0 Å². The van der Waals surface area contributed by atoms with Crippen molar-refractivity contribution in [3.05, 3.63) is 0 Å². The average molecular weight is 285 g/mol. The summed E-state index contributed by atoms with van der Waals surface area (Å²) < 4.78 is 0. The second-order valence-corrected chi connectivity index (χ2v) is 5.53. The molecule has 0 aromatic rings. The molecule has 1 fully saturated rings. The summed E-state index contributed by atoms with van der Waals surface area (Å²) in [7, 11) is 0. The number of primary amides is 1. The number of urea groups is 1. The number of hydrogen-bond donors (Lipinski definition) is 4. The van der Waals surface area contributed by atoms with Crippen LogP contribution in [0.1, 0.15) is 39.0 Å². The van der Waals surface area contributed by atoms with Gasteiger partial charge in [0.25, 0.3) is 0 Å². The molecule has 0 radical (unpaired) electrons. The van der Waals surface area contributed by atoms with Crippen LogP contribution >= 0.6 is 0 Å². The quantitative estimate of drug-likeness (QED) is 0.542. The second kappa shape index (κ2) is 7.72. The van der Waals surface area contributed by atoms with Gasteiger partial charge in [0.2, 0.25) is 5.91 Å². The van der Waals surface area contributed by atoms with Crippen LogP contribution in [0.2, 0.25) is 0 Å². The number of amides is 3. The van der Waals surface area contributed by atoms with E-state index in [1.165, 1.54) is 6.42 Å². The number of carboxylic acid groups (broad SMARTS) is 1. The van der Waals surface area contributed by atoms with Gasteiger partial charge in [-0.25, -0.2) is 9.59 Å². The molecule has 0 saturated heterocycles. The van der Waals surface area contributed by atoms with E-state index in [9.17, 15) is 14.4 Å². The minimum absolute atomic E-state index is 0.00144. The molecule has 1 aliphatic carbocycles. The number of nitrogens with one attached hydrogen (secondary N) is 2. The lowest BCUT2D eigenvalue weighted by Crippen LogP contribution is -2.47. The van der Waals surface area contributed by atoms with Crippen molar-refractivity contribution < 1.29 is 19.5 Å². The Morgan fingerprint density at radius 1 is 1.35 bits per heavy atom. The van der Waals surface area contributed by atoms with E-state index in [0.717, 1.165) is 12.8 Å². The zero-order chi connectivity index (χ0) is 15.1. The molecule has 0 spiro atoms. The first-order valence-electron chi connectivity index (χ1n) is 6.94. The van der Waals surface area contributed by atoms with Crippen LogP contribution in [0.4, 0.5) is 4.79 Å². The van der Waals surface area contributed by atoms with Gasteiger partial charge in [0.05, 0.1) is 0 Å². The van der Waals surface area contributed by atoms with Crippen LogP contribution in [0, 0.1) is 11.8 Å². The minimum atomic E-state index is -1.17. The smallest absolute Gasteiger partial charge is 0.326 e. The lowest BCUT2D eigenvalue weighted by molar-refractivity contribution is -0.139. The first-order chi connectivity index (χ1) is 9.38. The van der Waals surface area contributed by atoms with Gasteiger partial charge in [-0.1, -0.05) is 13.3 Å². The molecule has 5 N–H and O–H groups in total. The highest BCUT2D eigenvalue weighted by Gasteiger charge is 2.23. The maximum absolute atomic E-state index is 11.6. The Labute approximate surface area is 118 Å². The van der Waals surface area contributed by atoms with Gasteiger partial charge in [-0.2, -0.15) is 0 Å². The Hall–Kier alpha value is -1.79. The molecule has 3 atom stereocenters. The van der Waals surface area contributed by atoms with Crippen molar-refractivity contribution in [3.8, 4) is 0 Å². The van der Waals surface area contributed by atoms with Crippen LogP contribution in [-0.4, -0.2) is 35.6 Å². The molecule has 0 bridgehead atoms. The first-order valence-corrected chi connectivity index (χ1v) is 6.94. The fourth-order valence-corrected chi connectivity index (χ4v) is 2.50. The molecule has 3 amide bonds. The first kappa shape index (κ1) is 16.3. The molecule has 0 heterocycles. The van der Waals surface area contributed by atoms with Crippen LogP contribution in [-0.2, 0) is 9.59 Å². The molecule has 7 nitrogen and oxygen atoms in total. The third-order valence-corrected chi connectivity index (χ3v) is 3.64. The van der Waals surface area contributed by atoms with Crippen molar-refractivity contribution in [2.45, 2.75) is 45.1 Å². The summed E-state index contributed by atoms with van der Waals surface area (Å²) in [4.78, 5) is 33.2. The van der Waals surface area contributed by atoms with Gasteiger partial charge in [0, 0.05) is 13.0 Å². The van der Waals surface area contributed by atoms with Crippen molar-refractivity contribution in [3.63, 3.8) is 0 Å². The van der Waals surface area contributed by atoms with Gasteiger partial charge < -0.3 is 21.5 Å². The molecular weight excluding hydrogens is 262 g/mol. The molecule has 114 valence electrons. The van der Waals surface area contributed by atoms with E-state index >= 15 is 0 Å². The van der Waals surface area contributed by atoms with Crippen molar-refractivity contribution in [2.24, 2.45) is 17.6 Å². The lowest BCUT2D eigenvalue weighted by atomic mass is 10.1. The molecule has 20 heavy (non-hydrogen) atoms. The molecule has 1 rings (SSSR count). The standard InChI is InChI=1S/C13H23N3O4/c1-8-2-3-9(6-8)7-15-13(20)16-10(12(18)19)4-5-11(14)17/h8-10H,2-7H2,1H3,(H2,14,17)(H,18,19)(H2,15,16,20)/t8?,9?,10-/m0/s1. The van der Waals surface area contributed by atoms with Crippen molar-refractivity contribution >= 4 is 17.9 Å². The SMILES string of the molecule is CC1CCC(CNC(=O)N[C@@H](CCC(N)=O)C(=O)O)C1. The molecule has 0 aromatic heterocycles. The van der Waals surface area contributed by atoms with E-state index in [2.05, 4.69) is 17.6 Å². The monoisotopic (exact) mass is 285 g/mol. The van der Waals surface area contributed by atoms with Crippen LogP contribution in [0.3, 0.4) is 0 Å². The molecule has 1 saturated carbocycles. The molecule has 1 aliphatic rings. The predicted molar refractivity (Wildman–Crippen MR) is 72.9 cm³/mol. The Kier molecular flexibility index (Phi) is 6.27. The molecule has 2 unspecified atom stereocenters. The summed E-state index contributed by atoms with van der Waals surface area (Å²) in [5.74, 6) is -0.605. The van der Waals surface area contributed by atoms with Gasteiger partial charge in [0.1, 0.15) is 6.04 Å². The molecule has 0 aliphatic heterocycles. The highest BCUT2D eigenvalue weighted by Crippen LogP contribution is 2.29. The number of rotatable bonds is 7. The average Bonchev–Trinajstić information content (AvgIpc) is 2.77. The van der Waals surface area contributed by atoms with E-state index in [0.29, 0.717) is 18.4 Å². The number of nitrogens with two attached hydrogens (primary N) is 1. The van der Waals surface area contributed by atoms with Gasteiger partial charge in [-0.3, -0.25) is 4.79 Å². The fourth-order valence-electron chi connectivity index (χ4n) is 2.50. The highest BCUT2D eigenvalue weighted by atomic mass is 16.4. The maximum Gasteiger partial charge on any atom is 0.326 e. The van der Waals surface area contributed by atoms with Crippen LogP contribution in [0.15, 0.2) is 0 Å². The molecule has 0 aromatic carbocycles. The van der Waals surface area contributed by atoms with E-state index in [1.54, 1.807) is 0 Å². The zero-order valence-electron chi connectivity index (χ0n) is 11.7. The largest absolute Gasteiger partial charge is 0.480 e. The third kappa shape index (κ3) is 5.90. The van der Waals surface area contributed by atoms with Gasteiger partial charge in [0.15, 0.2) is 0 Å². The summed E-state index contributed by atoms with van der Waals surface area (Å²) in [5, 5.41) is 14.0. The predicted octanol–water partition coefficient (Wildman–Crippen LogP) is 0.441. The third-order valence-electron chi connectivity index (χ3n) is 3.64. The Balaban J connectivity index is 2.30. The van der Waals surface area contributed by atoms with Gasteiger partial charge in [-0.05, 0) is 31.1 Å². The van der Waals surface area contributed by atoms with E-state index in [-0.39, 0.29) is 12.8 Å². The van der Waals surface area contributed by atoms with Crippen molar-refractivity contribution in [1.82, 2.24) is 10.6 Å². The normalized spacial score (nSPS) is 23.1. The zero-order valence-corrected chi connectivity index (χ0v) is 11.7. The van der Waals surface area contributed by atoms with E-state index < -0.39 is 23.9 Å². The number of hydrogen-bond acceptors (Lipinski definition) is 3. The maximum atomic E-state index is 11.6. The van der Waals surface area contributed by atoms with Crippen molar-refractivity contribution in [2.75, 3.05) is 6.54 Å². The number of carbonyl (C=O) groups is 3. The number of carboxylic acids is 1. The lowest BCUT2D eigenvalue weighted by Gasteiger charge is -2.16. The molecule has 7 heteroatoms. The van der Waals surface area contributed by atoms with Gasteiger partial charge in [-0.15, -0.1) is 0 Å². The highest BCUT2D eigenvalue weighted by molar-refractivity contribution is 5.83. The summed E-state index contributed by atoms with van der Waals surface area (Å²) in [6, 6.07) is -1.61. The fraction of sp³-hybridized carbons (Fsp3) is 0.769. The van der Waals surface area contributed by atoms with Crippen LogP contribution < -0.4 is 16.4 Å².